The zero-order valence-electron chi connectivity index (χ0n) is 18.8. The first kappa shape index (κ1) is 24.5. The van der Waals surface area contributed by atoms with Gasteiger partial charge >= 0.3 is 0 Å². The molecule has 0 unspecified atom stereocenters. The molecule has 2 aromatic carbocycles. The second kappa shape index (κ2) is 11.6. The molecule has 0 aromatic heterocycles. The third-order valence-corrected chi connectivity index (χ3v) is 6.41. The summed E-state index contributed by atoms with van der Waals surface area (Å²) in [5.74, 6) is 0.885. The fourth-order valence-electron chi connectivity index (χ4n) is 3.58. The maximum atomic E-state index is 12.4. The van der Waals surface area contributed by atoms with Gasteiger partial charge in [0, 0.05) is 41.9 Å². The Bertz CT molecular complexity index is 962. The third kappa shape index (κ3) is 6.43. The molecule has 3 rings (SSSR count). The van der Waals surface area contributed by atoms with Crippen molar-refractivity contribution in [2.45, 2.75) is 20.8 Å². The van der Waals surface area contributed by atoms with Gasteiger partial charge in [0.05, 0.1) is 6.61 Å². The van der Waals surface area contributed by atoms with Gasteiger partial charge in [-0.3, -0.25) is 4.79 Å². The maximum absolute atomic E-state index is 12.4. The zero-order chi connectivity index (χ0) is 23.1. The molecular weight excluding hydrogens is 490 g/mol. The Morgan fingerprint density at radius 2 is 1.81 bits per heavy atom. The fourth-order valence-corrected chi connectivity index (χ4v) is 4.36. The van der Waals surface area contributed by atoms with E-state index in [9.17, 15) is 4.79 Å². The molecule has 32 heavy (non-hydrogen) atoms. The topological polar surface area (TPSA) is 54.0 Å². The van der Waals surface area contributed by atoms with Gasteiger partial charge in [-0.05, 0) is 62.4 Å². The largest absolute Gasteiger partial charge is 0.490 e. The van der Waals surface area contributed by atoms with Gasteiger partial charge < -0.3 is 24.6 Å². The van der Waals surface area contributed by atoms with E-state index in [4.69, 9.17) is 21.7 Å². The van der Waals surface area contributed by atoms with Crippen molar-refractivity contribution in [2.75, 3.05) is 51.3 Å². The van der Waals surface area contributed by atoms with Crippen molar-refractivity contribution in [1.29, 1.82) is 0 Å². The van der Waals surface area contributed by atoms with E-state index in [2.05, 4.69) is 38.0 Å². The van der Waals surface area contributed by atoms with E-state index in [0.29, 0.717) is 18.1 Å². The average molecular weight is 520 g/mol. The summed E-state index contributed by atoms with van der Waals surface area (Å²) >= 11 is 9.17. The van der Waals surface area contributed by atoms with Gasteiger partial charge in [-0.2, -0.15) is 0 Å². The summed E-state index contributed by atoms with van der Waals surface area (Å²) in [5, 5.41) is 2.88. The number of nitrogens with zero attached hydrogens (tertiary/aromatic N) is 2. The molecule has 0 bridgehead atoms. The standard InChI is InChI=1S/C24H30BrN3O3S/c1-4-27-10-12-28(13-11-27)24(32)18-6-9-21(22(15-18)30-5-2)31-16-23(29)26-20-8-7-19(25)14-17(20)3/h6-9,14-15H,4-5,10-13,16H2,1-3H3,(H,26,29). The number of likely N-dealkylation sites (N-methyl/N-ethyl adjacent to an activating group) is 1. The van der Waals surface area contributed by atoms with Crippen LogP contribution in [0.1, 0.15) is 25.0 Å². The van der Waals surface area contributed by atoms with Gasteiger partial charge in [0.1, 0.15) is 4.99 Å². The molecule has 1 aliphatic rings. The molecule has 0 saturated carbocycles. The van der Waals surface area contributed by atoms with Crippen LogP contribution >= 0.6 is 28.1 Å². The van der Waals surface area contributed by atoms with E-state index in [1.165, 1.54) is 0 Å². The van der Waals surface area contributed by atoms with Gasteiger partial charge in [0.2, 0.25) is 0 Å². The van der Waals surface area contributed by atoms with Crippen LogP contribution in [-0.4, -0.2) is 66.6 Å². The normalized spacial score (nSPS) is 14.2. The van der Waals surface area contributed by atoms with Crippen LogP contribution in [0.15, 0.2) is 40.9 Å². The van der Waals surface area contributed by atoms with E-state index < -0.39 is 0 Å². The van der Waals surface area contributed by atoms with Crippen LogP contribution in [0.2, 0.25) is 0 Å². The molecule has 0 atom stereocenters. The molecule has 2 aromatic rings. The van der Waals surface area contributed by atoms with E-state index in [1.54, 1.807) is 0 Å². The van der Waals surface area contributed by atoms with E-state index in [0.717, 1.165) is 59.0 Å². The third-order valence-electron chi connectivity index (χ3n) is 5.42. The Balaban J connectivity index is 1.64. The molecule has 1 amide bonds. The van der Waals surface area contributed by atoms with Crippen molar-refractivity contribution in [3.05, 3.63) is 52.0 Å². The molecule has 1 N–H and O–H groups in total. The number of amides is 1. The minimum absolute atomic E-state index is 0.113. The lowest BCUT2D eigenvalue weighted by Crippen LogP contribution is -2.48. The zero-order valence-corrected chi connectivity index (χ0v) is 21.2. The van der Waals surface area contributed by atoms with Crippen LogP contribution in [-0.2, 0) is 4.79 Å². The molecule has 0 spiro atoms. The lowest BCUT2D eigenvalue weighted by molar-refractivity contribution is -0.118. The fraction of sp³-hybridized carbons (Fsp3) is 0.417. The molecule has 1 saturated heterocycles. The number of carbonyl (C=O) groups is 1. The Labute approximate surface area is 204 Å². The van der Waals surface area contributed by atoms with Crippen molar-refractivity contribution in [3.8, 4) is 11.5 Å². The van der Waals surface area contributed by atoms with Gasteiger partial charge in [-0.1, -0.05) is 35.1 Å². The van der Waals surface area contributed by atoms with Crippen LogP contribution in [0.3, 0.4) is 0 Å². The summed E-state index contributed by atoms with van der Waals surface area (Å²) in [6.45, 7) is 11.4. The van der Waals surface area contributed by atoms with Gasteiger partial charge in [-0.25, -0.2) is 0 Å². The predicted molar refractivity (Wildman–Crippen MR) is 136 cm³/mol. The summed E-state index contributed by atoms with van der Waals surface area (Å²) in [5.41, 5.74) is 2.66. The molecule has 6 nitrogen and oxygen atoms in total. The number of ether oxygens (including phenoxy) is 2. The first-order chi connectivity index (χ1) is 15.4. The van der Waals surface area contributed by atoms with Gasteiger partial charge in [0.15, 0.2) is 18.1 Å². The number of piperazine rings is 1. The molecule has 8 heteroatoms. The van der Waals surface area contributed by atoms with Crippen molar-refractivity contribution in [1.82, 2.24) is 9.80 Å². The quantitative estimate of drug-likeness (QED) is 0.518. The SMILES string of the molecule is CCOc1cc(C(=S)N2CCN(CC)CC2)ccc1OCC(=O)Nc1ccc(Br)cc1C. The number of aryl methyl sites for hydroxylation is 1. The molecule has 1 heterocycles. The molecule has 0 radical (unpaired) electrons. The molecule has 0 aliphatic carbocycles. The number of benzene rings is 2. The number of halogens is 1. The van der Waals surface area contributed by atoms with Crippen molar-refractivity contribution < 1.29 is 14.3 Å². The Morgan fingerprint density at radius 1 is 1.06 bits per heavy atom. The second-order valence-corrected chi connectivity index (χ2v) is 8.92. The summed E-state index contributed by atoms with van der Waals surface area (Å²) in [6.07, 6.45) is 0. The minimum Gasteiger partial charge on any atom is -0.490 e. The van der Waals surface area contributed by atoms with Crippen molar-refractivity contribution in [2.24, 2.45) is 0 Å². The van der Waals surface area contributed by atoms with Crippen LogP contribution in [0, 0.1) is 6.92 Å². The summed E-state index contributed by atoms with van der Waals surface area (Å²) in [6, 6.07) is 11.4. The molecule has 172 valence electrons. The van der Waals surface area contributed by atoms with Crippen LogP contribution < -0.4 is 14.8 Å². The second-order valence-electron chi connectivity index (χ2n) is 7.62. The first-order valence-electron chi connectivity index (χ1n) is 10.9. The number of carbonyl (C=O) groups excluding carboxylic acids is 1. The lowest BCUT2D eigenvalue weighted by Gasteiger charge is -2.35. The Morgan fingerprint density at radius 3 is 2.47 bits per heavy atom. The van der Waals surface area contributed by atoms with Crippen molar-refractivity contribution >= 4 is 44.7 Å². The van der Waals surface area contributed by atoms with Crippen LogP contribution in [0.4, 0.5) is 5.69 Å². The highest BCUT2D eigenvalue weighted by atomic mass is 79.9. The smallest absolute Gasteiger partial charge is 0.262 e. The maximum Gasteiger partial charge on any atom is 0.262 e. The molecule has 1 aliphatic heterocycles. The number of thiocarbonyl (C=S) groups is 1. The lowest BCUT2D eigenvalue weighted by atomic mass is 10.1. The number of rotatable bonds is 8. The summed E-state index contributed by atoms with van der Waals surface area (Å²) in [4.78, 5) is 17.9. The van der Waals surface area contributed by atoms with Crippen LogP contribution in [0.5, 0.6) is 11.5 Å². The van der Waals surface area contributed by atoms with Crippen molar-refractivity contribution in [3.63, 3.8) is 0 Å². The first-order valence-corrected chi connectivity index (χ1v) is 12.1. The van der Waals surface area contributed by atoms with E-state index in [1.807, 2.05) is 50.2 Å². The number of anilines is 1. The molecule has 1 fully saturated rings. The van der Waals surface area contributed by atoms with E-state index >= 15 is 0 Å². The van der Waals surface area contributed by atoms with Gasteiger partial charge in [0.25, 0.3) is 5.91 Å². The molecular formula is C24H30BrN3O3S. The monoisotopic (exact) mass is 519 g/mol. The summed E-state index contributed by atoms with van der Waals surface area (Å²) < 4.78 is 12.5. The number of hydrogen-bond acceptors (Lipinski definition) is 5. The number of nitrogens with one attached hydrogen (secondary N) is 1. The Hall–Kier alpha value is -2.16. The number of hydrogen-bond donors (Lipinski definition) is 1. The van der Waals surface area contributed by atoms with Crippen LogP contribution in [0.25, 0.3) is 0 Å². The van der Waals surface area contributed by atoms with Gasteiger partial charge in [-0.15, -0.1) is 0 Å². The van der Waals surface area contributed by atoms with E-state index in [-0.39, 0.29) is 12.5 Å². The minimum atomic E-state index is -0.230. The average Bonchev–Trinajstić information content (AvgIpc) is 2.80. The highest BCUT2D eigenvalue weighted by Gasteiger charge is 2.20. The highest BCUT2D eigenvalue weighted by molar-refractivity contribution is 9.10. The Kier molecular flexibility index (Phi) is 8.90. The highest BCUT2D eigenvalue weighted by Crippen LogP contribution is 2.29. The summed E-state index contributed by atoms with van der Waals surface area (Å²) in [7, 11) is 0. The predicted octanol–water partition coefficient (Wildman–Crippen LogP) is 4.49.